The highest BCUT2D eigenvalue weighted by molar-refractivity contribution is 7.22. The van der Waals surface area contributed by atoms with Gasteiger partial charge in [0.2, 0.25) is 0 Å². The van der Waals surface area contributed by atoms with E-state index in [4.69, 9.17) is 16.3 Å². The van der Waals surface area contributed by atoms with E-state index in [1.165, 1.54) is 11.6 Å². The maximum Gasteiger partial charge on any atom is 0.341 e. The first-order valence-corrected chi connectivity index (χ1v) is 8.07. The number of aromatic nitrogens is 2. The number of rotatable bonds is 4. The Balaban J connectivity index is 2.90. The molecule has 0 atom stereocenters. The van der Waals surface area contributed by atoms with Gasteiger partial charge in [-0.2, -0.15) is 0 Å². The van der Waals surface area contributed by atoms with Crippen molar-refractivity contribution in [3.8, 4) is 0 Å². The SMILES string of the molecule is CCOC(=O)c1c(Cl)sc2c1c(=O)n(C)c(=O)n2CC(C)C. The molecule has 0 spiro atoms. The van der Waals surface area contributed by atoms with Crippen LogP contribution in [0, 0.1) is 5.92 Å². The Morgan fingerprint density at radius 1 is 1.36 bits per heavy atom. The summed E-state index contributed by atoms with van der Waals surface area (Å²) in [5.41, 5.74) is -0.910. The number of hydrogen-bond donors (Lipinski definition) is 0. The molecule has 8 heteroatoms. The van der Waals surface area contributed by atoms with Gasteiger partial charge in [0.05, 0.1) is 12.0 Å². The fourth-order valence-electron chi connectivity index (χ4n) is 2.21. The molecule has 2 aromatic heterocycles. The average Bonchev–Trinajstić information content (AvgIpc) is 2.78. The second kappa shape index (κ2) is 6.26. The highest BCUT2D eigenvalue weighted by Gasteiger charge is 2.25. The van der Waals surface area contributed by atoms with Crippen molar-refractivity contribution in [1.82, 2.24) is 9.13 Å². The van der Waals surface area contributed by atoms with Crippen LogP contribution in [-0.4, -0.2) is 21.7 Å². The van der Waals surface area contributed by atoms with Crippen LogP contribution >= 0.6 is 22.9 Å². The molecule has 2 rings (SSSR count). The Morgan fingerprint density at radius 3 is 2.55 bits per heavy atom. The standard InChI is InChI=1S/C14H17ClN2O4S/c1-5-21-13(19)8-9-11(18)16(4)14(20)17(6-7(2)3)12(9)22-10(8)15/h7H,5-6H2,1-4H3. The third kappa shape index (κ3) is 2.70. The molecular formula is C14H17ClN2O4S. The molecule has 0 aliphatic heterocycles. The molecule has 22 heavy (non-hydrogen) atoms. The van der Waals surface area contributed by atoms with E-state index in [1.54, 1.807) is 6.92 Å². The van der Waals surface area contributed by atoms with Crippen LogP contribution in [0.25, 0.3) is 10.2 Å². The lowest BCUT2D eigenvalue weighted by atomic mass is 10.2. The molecular weight excluding hydrogens is 328 g/mol. The average molecular weight is 345 g/mol. The monoisotopic (exact) mass is 344 g/mol. The van der Waals surface area contributed by atoms with Crippen LogP contribution in [0.5, 0.6) is 0 Å². The Labute approximate surface area is 135 Å². The van der Waals surface area contributed by atoms with E-state index in [-0.39, 0.29) is 27.8 Å². The molecule has 0 radical (unpaired) electrons. The third-order valence-corrected chi connectivity index (χ3v) is 4.58. The molecule has 0 aromatic carbocycles. The third-order valence-electron chi connectivity index (χ3n) is 3.16. The second-order valence-electron chi connectivity index (χ2n) is 5.30. The maximum absolute atomic E-state index is 12.4. The summed E-state index contributed by atoms with van der Waals surface area (Å²) in [7, 11) is 1.39. The van der Waals surface area contributed by atoms with Crippen molar-refractivity contribution in [2.75, 3.05) is 6.61 Å². The van der Waals surface area contributed by atoms with E-state index >= 15 is 0 Å². The van der Waals surface area contributed by atoms with Crippen molar-refractivity contribution >= 4 is 39.1 Å². The van der Waals surface area contributed by atoms with Crippen LogP contribution in [0.2, 0.25) is 4.34 Å². The smallest absolute Gasteiger partial charge is 0.341 e. The van der Waals surface area contributed by atoms with E-state index in [2.05, 4.69) is 0 Å². The van der Waals surface area contributed by atoms with Gasteiger partial charge < -0.3 is 4.74 Å². The van der Waals surface area contributed by atoms with Gasteiger partial charge in [-0.15, -0.1) is 11.3 Å². The van der Waals surface area contributed by atoms with Gasteiger partial charge in [0.1, 0.15) is 14.7 Å². The van der Waals surface area contributed by atoms with Crippen molar-refractivity contribution in [3.05, 3.63) is 30.7 Å². The minimum absolute atomic E-state index is 0.0432. The predicted octanol–water partition coefficient (Wildman–Crippen LogP) is 2.25. The molecule has 0 saturated carbocycles. The largest absolute Gasteiger partial charge is 0.462 e. The van der Waals surface area contributed by atoms with Gasteiger partial charge in [-0.1, -0.05) is 25.4 Å². The molecule has 2 heterocycles. The van der Waals surface area contributed by atoms with Crippen molar-refractivity contribution in [3.63, 3.8) is 0 Å². The van der Waals surface area contributed by atoms with Gasteiger partial charge in [-0.25, -0.2) is 9.59 Å². The van der Waals surface area contributed by atoms with Gasteiger partial charge in [-0.05, 0) is 12.8 Å². The second-order valence-corrected chi connectivity index (χ2v) is 6.90. The van der Waals surface area contributed by atoms with E-state index in [9.17, 15) is 14.4 Å². The van der Waals surface area contributed by atoms with Crippen LogP contribution in [0.4, 0.5) is 0 Å². The predicted molar refractivity (Wildman–Crippen MR) is 87.1 cm³/mol. The molecule has 0 aliphatic carbocycles. The van der Waals surface area contributed by atoms with E-state index < -0.39 is 17.2 Å². The molecule has 6 nitrogen and oxygen atoms in total. The first-order valence-electron chi connectivity index (χ1n) is 6.88. The zero-order valence-corrected chi connectivity index (χ0v) is 14.4. The number of ether oxygens (including phenoxy) is 1. The first kappa shape index (κ1) is 16.8. The lowest BCUT2D eigenvalue weighted by molar-refractivity contribution is 0.0529. The highest BCUT2D eigenvalue weighted by Crippen LogP contribution is 2.33. The normalized spacial score (nSPS) is 11.4. The summed E-state index contributed by atoms with van der Waals surface area (Å²) in [6, 6.07) is 0. The van der Waals surface area contributed by atoms with E-state index in [0.29, 0.717) is 11.4 Å². The van der Waals surface area contributed by atoms with Crippen LogP contribution < -0.4 is 11.2 Å². The molecule has 0 N–H and O–H groups in total. The van der Waals surface area contributed by atoms with Gasteiger partial charge >= 0.3 is 11.7 Å². The van der Waals surface area contributed by atoms with Gasteiger partial charge in [0, 0.05) is 13.6 Å². The van der Waals surface area contributed by atoms with E-state index in [0.717, 1.165) is 15.9 Å². The van der Waals surface area contributed by atoms with Crippen molar-refractivity contribution in [2.45, 2.75) is 27.3 Å². The number of carbonyl (C=O) groups excluding carboxylic acids is 1. The molecule has 0 amide bonds. The van der Waals surface area contributed by atoms with Crippen molar-refractivity contribution in [1.29, 1.82) is 0 Å². The fourth-order valence-corrected chi connectivity index (χ4v) is 3.62. The summed E-state index contributed by atoms with van der Waals surface area (Å²) in [4.78, 5) is 37.2. The lowest BCUT2D eigenvalue weighted by Gasteiger charge is -2.11. The van der Waals surface area contributed by atoms with Crippen LogP contribution in [0.3, 0.4) is 0 Å². The van der Waals surface area contributed by atoms with Crippen LogP contribution in [0.15, 0.2) is 9.59 Å². The van der Waals surface area contributed by atoms with Gasteiger partial charge in [-0.3, -0.25) is 13.9 Å². The Bertz CT molecular complexity index is 847. The Hall–Kier alpha value is -1.60. The highest BCUT2D eigenvalue weighted by atomic mass is 35.5. The zero-order valence-electron chi connectivity index (χ0n) is 12.8. The molecule has 0 fully saturated rings. The van der Waals surface area contributed by atoms with Crippen molar-refractivity contribution < 1.29 is 9.53 Å². The quantitative estimate of drug-likeness (QED) is 0.798. The number of halogens is 1. The minimum Gasteiger partial charge on any atom is -0.462 e. The molecule has 0 saturated heterocycles. The summed E-state index contributed by atoms with van der Waals surface area (Å²) in [5.74, 6) is -0.448. The lowest BCUT2D eigenvalue weighted by Crippen LogP contribution is -2.38. The summed E-state index contributed by atoms with van der Waals surface area (Å²) < 4.78 is 7.61. The Morgan fingerprint density at radius 2 is 2.00 bits per heavy atom. The molecule has 2 aromatic rings. The van der Waals surface area contributed by atoms with Crippen molar-refractivity contribution in [2.24, 2.45) is 13.0 Å². The molecule has 0 unspecified atom stereocenters. The molecule has 0 bridgehead atoms. The fraction of sp³-hybridized carbons (Fsp3) is 0.500. The summed E-state index contributed by atoms with van der Waals surface area (Å²) in [5, 5.41) is 0.149. The van der Waals surface area contributed by atoms with Gasteiger partial charge in [0.15, 0.2) is 0 Å². The number of thiophene rings is 1. The first-order chi connectivity index (χ1) is 10.3. The summed E-state index contributed by atoms with van der Waals surface area (Å²) in [6.45, 7) is 6.21. The molecule has 120 valence electrons. The minimum atomic E-state index is -0.648. The Kier molecular flexibility index (Phi) is 4.77. The number of hydrogen-bond acceptors (Lipinski definition) is 5. The summed E-state index contributed by atoms with van der Waals surface area (Å²) >= 11 is 7.19. The van der Waals surface area contributed by atoms with Crippen LogP contribution in [-0.2, 0) is 18.3 Å². The zero-order chi connectivity index (χ0) is 16.6. The van der Waals surface area contributed by atoms with E-state index in [1.807, 2.05) is 13.8 Å². The number of nitrogens with zero attached hydrogens (tertiary/aromatic N) is 2. The number of carbonyl (C=O) groups is 1. The summed E-state index contributed by atoms with van der Waals surface area (Å²) in [6.07, 6.45) is 0. The molecule has 0 aliphatic rings. The van der Waals surface area contributed by atoms with Crippen LogP contribution in [0.1, 0.15) is 31.1 Å². The van der Waals surface area contributed by atoms with Gasteiger partial charge in [0.25, 0.3) is 5.56 Å². The topological polar surface area (TPSA) is 70.3 Å². The number of fused-ring (bicyclic) bond motifs is 1. The number of esters is 1. The maximum atomic E-state index is 12.4.